The van der Waals surface area contributed by atoms with Crippen LogP contribution in [0.5, 0.6) is 5.75 Å². The van der Waals surface area contributed by atoms with E-state index in [1.165, 1.54) is 6.07 Å². The number of halogens is 3. The van der Waals surface area contributed by atoms with Gasteiger partial charge in [0, 0.05) is 6.04 Å². The van der Waals surface area contributed by atoms with E-state index in [1.54, 1.807) is 26.8 Å². The Balaban J connectivity index is 3.12. The molecule has 1 aromatic rings. The van der Waals surface area contributed by atoms with E-state index in [2.05, 4.69) is 0 Å². The van der Waals surface area contributed by atoms with Crippen molar-refractivity contribution in [3.63, 3.8) is 0 Å². The van der Waals surface area contributed by atoms with Crippen LogP contribution in [-0.4, -0.2) is 12.1 Å². The fraction of sp³-hybridized carbons (Fsp3) is 0.538. The number of rotatable bonds is 4. The lowest BCUT2D eigenvalue weighted by Gasteiger charge is -2.17. The predicted molar refractivity (Wildman–Crippen MR) is 64.6 cm³/mol. The van der Waals surface area contributed by atoms with Crippen LogP contribution in [0, 0.1) is 0 Å². The molecular formula is C13H18F3NO. The molecule has 0 aliphatic rings. The molecule has 1 aromatic carbocycles. The summed E-state index contributed by atoms with van der Waals surface area (Å²) in [5.74, 6) is -0.133. The number of hydrogen-bond donors (Lipinski definition) is 1. The van der Waals surface area contributed by atoms with Gasteiger partial charge in [0.25, 0.3) is 0 Å². The summed E-state index contributed by atoms with van der Waals surface area (Å²) in [4.78, 5) is 0. The van der Waals surface area contributed by atoms with E-state index in [-0.39, 0.29) is 17.9 Å². The number of hydrogen-bond acceptors (Lipinski definition) is 2. The molecule has 1 unspecified atom stereocenters. The molecule has 18 heavy (non-hydrogen) atoms. The Labute approximate surface area is 105 Å². The normalized spacial score (nSPS) is 13.8. The maximum atomic E-state index is 12.9. The van der Waals surface area contributed by atoms with E-state index in [0.717, 1.165) is 6.07 Å². The van der Waals surface area contributed by atoms with Gasteiger partial charge in [-0.1, -0.05) is 6.07 Å². The molecular weight excluding hydrogens is 243 g/mol. The van der Waals surface area contributed by atoms with E-state index in [0.29, 0.717) is 12.0 Å². The van der Waals surface area contributed by atoms with Gasteiger partial charge in [-0.15, -0.1) is 0 Å². The van der Waals surface area contributed by atoms with Crippen LogP contribution < -0.4 is 10.5 Å². The molecule has 0 radical (unpaired) electrons. The molecule has 1 atom stereocenters. The van der Waals surface area contributed by atoms with E-state index in [9.17, 15) is 13.2 Å². The molecule has 5 heteroatoms. The average Bonchev–Trinajstić information content (AvgIpc) is 2.17. The van der Waals surface area contributed by atoms with Crippen LogP contribution >= 0.6 is 0 Å². The minimum Gasteiger partial charge on any atom is -0.490 e. The smallest absolute Gasteiger partial charge is 0.419 e. The van der Waals surface area contributed by atoms with E-state index in [4.69, 9.17) is 10.5 Å². The zero-order valence-electron chi connectivity index (χ0n) is 10.7. The van der Waals surface area contributed by atoms with E-state index < -0.39 is 11.7 Å². The van der Waals surface area contributed by atoms with E-state index >= 15 is 0 Å². The highest BCUT2D eigenvalue weighted by atomic mass is 19.4. The Kier molecular flexibility index (Phi) is 4.62. The quantitative estimate of drug-likeness (QED) is 0.901. The first-order valence-electron chi connectivity index (χ1n) is 5.82. The van der Waals surface area contributed by atoms with Crippen molar-refractivity contribution in [1.82, 2.24) is 0 Å². The molecule has 0 heterocycles. The molecule has 0 aliphatic carbocycles. The van der Waals surface area contributed by atoms with Gasteiger partial charge in [0.05, 0.1) is 11.7 Å². The van der Waals surface area contributed by atoms with Gasteiger partial charge in [0.1, 0.15) is 5.75 Å². The zero-order valence-corrected chi connectivity index (χ0v) is 10.7. The third kappa shape index (κ3) is 4.22. The van der Waals surface area contributed by atoms with Gasteiger partial charge in [0.2, 0.25) is 0 Å². The maximum absolute atomic E-state index is 12.9. The van der Waals surface area contributed by atoms with Crippen LogP contribution in [-0.2, 0) is 12.6 Å². The Morgan fingerprint density at radius 2 is 1.83 bits per heavy atom. The average molecular weight is 261 g/mol. The van der Waals surface area contributed by atoms with Crippen molar-refractivity contribution in [2.45, 2.75) is 45.5 Å². The Hall–Kier alpha value is -1.23. The second-order valence-corrected chi connectivity index (χ2v) is 4.68. The first-order chi connectivity index (χ1) is 8.20. The van der Waals surface area contributed by atoms with Crippen molar-refractivity contribution in [3.05, 3.63) is 29.3 Å². The van der Waals surface area contributed by atoms with Crippen molar-refractivity contribution in [2.75, 3.05) is 0 Å². The Morgan fingerprint density at radius 3 is 2.28 bits per heavy atom. The largest absolute Gasteiger partial charge is 0.490 e. The highest BCUT2D eigenvalue weighted by molar-refractivity contribution is 5.39. The van der Waals surface area contributed by atoms with Crippen LogP contribution in [0.15, 0.2) is 18.2 Å². The summed E-state index contributed by atoms with van der Waals surface area (Å²) in [6.45, 7) is 5.14. The number of benzene rings is 1. The molecule has 0 amide bonds. The van der Waals surface area contributed by atoms with Crippen molar-refractivity contribution < 1.29 is 17.9 Å². The minimum atomic E-state index is -4.42. The lowest BCUT2D eigenvalue weighted by atomic mass is 10.0. The molecule has 0 saturated heterocycles. The highest BCUT2D eigenvalue weighted by Crippen LogP contribution is 2.37. The minimum absolute atomic E-state index is 0.133. The first-order valence-corrected chi connectivity index (χ1v) is 5.82. The maximum Gasteiger partial charge on any atom is 0.419 e. The van der Waals surface area contributed by atoms with Crippen LogP contribution in [0.2, 0.25) is 0 Å². The summed E-state index contributed by atoms with van der Waals surface area (Å²) in [5, 5.41) is 0. The third-order valence-corrected chi connectivity index (χ3v) is 2.27. The second-order valence-electron chi connectivity index (χ2n) is 4.68. The van der Waals surface area contributed by atoms with Gasteiger partial charge < -0.3 is 10.5 Å². The summed E-state index contributed by atoms with van der Waals surface area (Å²) in [6.07, 6.45) is -4.31. The van der Waals surface area contributed by atoms with Crippen LogP contribution in [0.1, 0.15) is 31.9 Å². The lowest BCUT2D eigenvalue weighted by molar-refractivity contribution is -0.139. The van der Waals surface area contributed by atoms with E-state index in [1.807, 2.05) is 0 Å². The standard InChI is InChI=1S/C13H18F3NO/c1-8(2)18-12-5-4-10(6-9(3)17)7-11(12)13(14,15)16/h4-5,7-9H,6,17H2,1-3H3. The fourth-order valence-corrected chi connectivity index (χ4v) is 1.65. The summed E-state index contributed by atoms with van der Waals surface area (Å²) < 4.78 is 43.9. The zero-order chi connectivity index (χ0) is 13.9. The summed E-state index contributed by atoms with van der Waals surface area (Å²) >= 11 is 0. The molecule has 2 N–H and O–H groups in total. The summed E-state index contributed by atoms with van der Waals surface area (Å²) in [6, 6.07) is 3.92. The molecule has 0 aliphatic heterocycles. The van der Waals surface area contributed by atoms with Gasteiger partial charge in [0.15, 0.2) is 0 Å². The topological polar surface area (TPSA) is 35.2 Å². The molecule has 102 valence electrons. The van der Waals surface area contributed by atoms with Gasteiger partial charge in [-0.3, -0.25) is 0 Å². The van der Waals surface area contributed by atoms with Crippen molar-refractivity contribution >= 4 is 0 Å². The summed E-state index contributed by atoms with van der Waals surface area (Å²) in [7, 11) is 0. The molecule has 0 fully saturated rings. The second kappa shape index (κ2) is 5.61. The fourth-order valence-electron chi connectivity index (χ4n) is 1.65. The van der Waals surface area contributed by atoms with Crippen LogP contribution in [0.4, 0.5) is 13.2 Å². The number of nitrogens with two attached hydrogens (primary N) is 1. The monoisotopic (exact) mass is 261 g/mol. The highest BCUT2D eigenvalue weighted by Gasteiger charge is 2.34. The first kappa shape index (κ1) is 14.8. The number of ether oxygens (including phenoxy) is 1. The molecule has 0 aromatic heterocycles. The predicted octanol–water partition coefficient (Wildman–Crippen LogP) is 3.38. The SMILES string of the molecule is CC(N)Cc1ccc(OC(C)C)c(C(F)(F)F)c1. The molecule has 2 nitrogen and oxygen atoms in total. The molecule has 0 bridgehead atoms. The lowest BCUT2D eigenvalue weighted by Crippen LogP contribution is -2.19. The van der Waals surface area contributed by atoms with Crippen LogP contribution in [0.25, 0.3) is 0 Å². The summed E-state index contributed by atoms with van der Waals surface area (Å²) in [5.41, 5.74) is 5.41. The van der Waals surface area contributed by atoms with Crippen LogP contribution in [0.3, 0.4) is 0 Å². The third-order valence-electron chi connectivity index (χ3n) is 2.27. The molecule has 1 rings (SSSR count). The van der Waals surface area contributed by atoms with Crippen molar-refractivity contribution in [2.24, 2.45) is 5.73 Å². The Bertz CT molecular complexity index is 400. The Morgan fingerprint density at radius 1 is 1.22 bits per heavy atom. The van der Waals surface area contributed by atoms with Gasteiger partial charge >= 0.3 is 6.18 Å². The molecule has 0 saturated carbocycles. The van der Waals surface area contributed by atoms with Crippen molar-refractivity contribution in [1.29, 1.82) is 0 Å². The van der Waals surface area contributed by atoms with Gasteiger partial charge in [-0.2, -0.15) is 13.2 Å². The van der Waals surface area contributed by atoms with Crippen molar-refractivity contribution in [3.8, 4) is 5.75 Å². The van der Waals surface area contributed by atoms with Gasteiger partial charge in [-0.25, -0.2) is 0 Å². The number of alkyl halides is 3. The van der Waals surface area contributed by atoms with Gasteiger partial charge in [-0.05, 0) is 44.9 Å². The molecule has 0 spiro atoms.